The number of hydrogen-bond acceptors (Lipinski definition) is 5. The third-order valence-corrected chi connectivity index (χ3v) is 4.12. The number of benzene rings is 1. The summed E-state index contributed by atoms with van der Waals surface area (Å²) in [7, 11) is 1.76. The van der Waals surface area contributed by atoms with E-state index in [1.165, 1.54) is 29.2 Å². The fourth-order valence-corrected chi connectivity index (χ4v) is 2.93. The molecule has 0 aliphatic carbocycles. The van der Waals surface area contributed by atoms with E-state index < -0.39 is 11.9 Å². The van der Waals surface area contributed by atoms with Crippen LogP contribution in [0.1, 0.15) is 0 Å². The molecule has 0 radical (unpaired) electrons. The Morgan fingerprint density at radius 1 is 1.07 bits per heavy atom. The molecule has 0 fully saturated rings. The maximum Gasteiger partial charge on any atom is 0.573 e. The molecule has 0 saturated heterocycles. The highest BCUT2D eigenvalue weighted by Crippen LogP contribution is 2.27. The van der Waals surface area contributed by atoms with Gasteiger partial charge in [-0.1, -0.05) is 0 Å². The molecule has 142 valence electrons. The van der Waals surface area contributed by atoms with E-state index in [0.29, 0.717) is 16.8 Å². The highest BCUT2D eigenvalue weighted by Gasteiger charge is 2.31. The van der Waals surface area contributed by atoms with E-state index in [1.807, 2.05) is 0 Å². The van der Waals surface area contributed by atoms with Gasteiger partial charge in [0.2, 0.25) is 0 Å². The molecule has 0 aliphatic rings. The van der Waals surface area contributed by atoms with E-state index in [2.05, 4.69) is 19.9 Å². The normalized spacial score (nSPS) is 11.7. The third-order valence-electron chi connectivity index (χ3n) is 4.12. The number of aryl methyl sites for hydroxylation is 1. The van der Waals surface area contributed by atoms with E-state index in [-0.39, 0.29) is 11.3 Å². The SMILES string of the molecule is Cn1cnc2c(=O)n(-c3ccc(OC(F)(F)F)cc3)cc(-c3ccnnc3)c21. The molecular formula is C18H12F3N5O2. The standard InChI is InChI=1S/C18H12F3N5O2/c1-25-10-22-15-16(25)14(11-6-7-23-24-8-11)9-26(17(15)27)12-2-4-13(5-3-12)28-18(19,20)21/h2-10H,1H3. The molecule has 0 bridgehead atoms. The third kappa shape index (κ3) is 3.20. The smallest absolute Gasteiger partial charge is 0.406 e. The molecule has 4 rings (SSSR count). The lowest BCUT2D eigenvalue weighted by molar-refractivity contribution is -0.274. The number of nitrogens with zero attached hydrogens (tertiary/aromatic N) is 5. The van der Waals surface area contributed by atoms with Crippen molar-refractivity contribution in [2.45, 2.75) is 6.36 Å². The first-order chi connectivity index (χ1) is 13.3. The van der Waals surface area contributed by atoms with Crippen LogP contribution >= 0.6 is 0 Å². The number of rotatable bonds is 3. The molecular weight excluding hydrogens is 375 g/mol. The van der Waals surface area contributed by atoms with Gasteiger partial charge in [0.05, 0.1) is 24.2 Å². The molecule has 28 heavy (non-hydrogen) atoms. The van der Waals surface area contributed by atoms with Gasteiger partial charge < -0.3 is 9.30 Å². The van der Waals surface area contributed by atoms with Crippen molar-refractivity contribution in [1.82, 2.24) is 24.3 Å². The summed E-state index contributed by atoms with van der Waals surface area (Å²) in [4.78, 5) is 17.1. The number of aromatic nitrogens is 5. The van der Waals surface area contributed by atoms with Crippen LogP contribution in [0.25, 0.3) is 27.8 Å². The zero-order valence-electron chi connectivity index (χ0n) is 14.4. The Morgan fingerprint density at radius 2 is 1.82 bits per heavy atom. The highest BCUT2D eigenvalue weighted by atomic mass is 19.4. The molecule has 7 nitrogen and oxygen atoms in total. The van der Waals surface area contributed by atoms with Crippen molar-refractivity contribution >= 4 is 11.0 Å². The van der Waals surface area contributed by atoms with Crippen LogP contribution in [-0.2, 0) is 7.05 Å². The van der Waals surface area contributed by atoms with Crippen LogP contribution in [0.3, 0.4) is 0 Å². The van der Waals surface area contributed by atoms with Crippen LogP contribution in [0, 0.1) is 0 Å². The van der Waals surface area contributed by atoms with Crippen molar-refractivity contribution in [1.29, 1.82) is 0 Å². The lowest BCUT2D eigenvalue weighted by Gasteiger charge is -2.12. The van der Waals surface area contributed by atoms with Gasteiger partial charge in [0.25, 0.3) is 5.56 Å². The van der Waals surface area contributed by atoms with Crippen molar-refractivity contribution < 1.29 is 17.9 Å². The average molecular weight is 387 g/mol. The van der Waals surface area contributed by atoms with Gasteiger partial charge in [0.15, 0.2) is 5.52 Å². The Hall–Kier alpha value is -3.69. The first-order valence-corrected chi connectivity index (χ1v) is 8.03. The summed E-state index contributed by atoms with van der Waals surface area (Å²) in [5.74, 6) is -0.373. The summed E-state index contributed by atoms with van der Waals surface area (Å²) >= 11 is 0. The maximum absolute atomic E-state index is 12.9. The highest BCUT2D eigenvalue weighted by molar-refractivity contribution is 5.91. The van der Waals surface area contributed by atoms with Gasteiger partial charge in [-0.05, 0) is 30.3 Å². The molecule has 0 spiro atoms. The summed E-state index contributed by atoms with van der Waals surface area (Å²) in [6, 6.07) is 6.76. The summed E-state index contributed by atoms with van der Waals surface area (Å²) < 4.78 is 44.0. The Morgan fingerprint density at radius 3 is 2.46 bits per heavy atom. The van der Waals surface area contributed by atoms with E-state index in [4.69, 9.17) is 0 Å². The molecule has 10 heteroatoms. The number of imidazole rings is 1. The number of halogens is 3. The van der Waals surface area contributed by atoms with E-state index in [1.54, 1.807) is 30.1 Å². The van der Waals surface area contributed by atoms with Gasteiger partial charge in [-0.15, -0.1) is 13.2 Å². The minimum atomic E-state index is -4.78. The van der Waals surface area contributed by atoms with Crippen molar-refractivity contribution in [3.63, 3.8) is 0 Å². The number of hydrogen-bond donors (Lipinski definition) is 0. The second-order valence-corrected chi connectivity index (χ2v) is 5.94. The lowest BCUT2D eigenvalue weighted by atomic mass is 10.1. The monoisotopic (exact) mass is 387 g/mol. The first-order valence-electron chi connectivity index (χ1n) is 8.03. The Bertz CT molecular complexity index is 1200. The van der Waals surface area contributed by atoms with Gasteiger partial charge >= 0.3 is 6.36 Å². The van der Waals surface area contributed by atoms with Crippen molar-refractivity contribution in [2.24, 2.45) is 7.05 Å². The summed E-state index contributed by atoms with van der Waals surface area (Å²) in [5.41, 5.74) is 2.22. The van der Waals surface area contributed by atoms with Crippen molar-refractivity contribution in [3.8, 4) is 22.6 Å². The van der Waals surface area contributed by atoms with Crippen LogP contribution in [0.5, 0.6) is 5.75 Å². The Balaban J connectivity index is 1.89. The first kappa shape index (κ1) is 17.7. The summed E-state index contributed by atoms with van der Waals surface area (Å²) in [6.45, 7) is 0. The van der Waals surface area contributed by atoms with Gasteiger partial charge in [0, 0.05) is 30.1 Å². The Labute approximate surface area is 155 Å². The molecule has 4 aromatic rings. The zero-order valence-corrected chi connectivity index (χ0v) is 14.4. The number of pyridine rings is 1. The van der Waals surface area contributed by atoms with Crippen LogP contribution in [0.4, 0.5) is 13.2 Å². The van der Waals surface area contributed by atoms with Crippen molar-refractivity contribution in [3.05, 3.63) is 65.6 Å². The molecule has 1 aromatic carbocycles. The van der Waals surface area contributed by atoms with Gasteiger partial charge in [0.1, 0.15) is 5.75 Å². The van der Waals surface area contributed by atoms with Crippen LogP contribution < -0.4 is 10.3 Å². The molecule has 0 aliphatic heterocycles. The number of fused-ring (bicyclic) bond motifs is 1. The molecule has 0 unspecified atom stereocenters. The second kappa shape index (κ2) is 6.48. The molecule has 3 heterocycles. The number of ether oxygens (including phenoxy) is 1. The lowest BCUT2D eigenvalue weighted by Crippen LogP contribution is -2.19. The minimum Gasteiger partial charge on any atom is -0.406 e. The van der Waals surface area contributed by atoms with Gasteiger partial charge in [-0.2, -0.15) is 10.2 Å². The fraction of sp³-hybridized carbons (Fsp3) is 0.111. The quantitative estimate of drug-likeness (QED) is 0.540. The van der Waals surface area contributed by atoms with Gasteiger partial charge in [-0.25, -0.2) is 4.98 Å². The van der Waals surface area contributed by atoms with Crippen LogP contribution in [0.2, 0.25) is 0 Å². The molecule has 0 N–H and O–H groups in total. The average Bonchev–Trinajstić information content (AvgIpc) is 3.05. The predicted molar refractivity (Wildman–Crippen MR) is 94.0 cm³/mol. The maximum atomic E-state index is 12.9. The fourth-order valence-electron chi connectivity index (χ4n) is 2.93. The van der Waals surface area contributed by atoms with Gasteiger partial charge in [-0.3, -0.25) is 9.36 Å². The molecule has 0 saturated carbocycles. The van der Waals surface area contributed by atoms with Crippen molar-refractivity contribution in [2.75, 3.05) is 0 Å². The zero-order chi connectivity index (χ0) is 19.9. The van der Waals surface area contributed by atoms with Crippen LogP contribution in [-0.4, -0.2) is 30.7 Å². The van der Waals surface area contributed by atoms with E-state index in [0.717, 1.165) is 17.7 Å². The molecule has 0 amide bonds. The summed E-state index contributed by atoms with van der Waals surface area (Å²) in [5, 5.41) is 7.61. The van der Waals surface area contributed by atoms with E-state index >= 15 is 0 Å². The van der Waals surface area contributed by atoms with Crippen LogP contribution in [0.15, 0.2) is 60.0 Å². The number of alkyl halides is 3. The van der Waals surface area contributed by atoms with E-state index in [9.17, 15) is 18.0 Å². The largest absolute Gasteiger partial charge is 0.573 e. The second-order valence-electron chi connectivity index (χ2n) is 5.94. The topological polar surface area (TPSA) is 74.8 Å². The Kier molecular flexibility index (Phi) is 4.10. The summed E-state index contributed by atoms with van der Waals surface area (Å²) in [6.07, 6.45) is 1.41. The minimum absolute atomic E-state index is 0.229. The molecule has 3 aromatic heterocycles. The molecule has 0 atom stereocenters. The predicted octanol–water partition coefficient (Wildman–Crippen LogP) is 3.08.